The molecule has 0 fully saturated rings. The summed E-state index contributed by atoms with van der Waals surface area (Å²) in [6.45, 7) is 2.20. The first-order chi connectivity index (χ1) is 7.63. The Morgan fingerprint density at radius 3 is 2.94 bits per heavy atom. The largest absolute Gasteiger partial charge is 0.481 e. The van der Waals surface area contributed by atoms with E-state index >= 15 is 0 Å². The molecule has 1 rings (SSSR count). The van der Waals surface area contributed by atoms with E-state index in [-0.39, 0.29) is 5.88 Å². The first-order valence-corrected chi connectivity index (χ1v) is 4.73. The minimum atomic E-state index is -1.18. The Labute approximate surface area is 92.3 Å². The molecule has 0 aliphatic heterocycles. The van der Waals surface area contributed by atoms with Gasteiger partial charge in [-0.3, -0.25) is 9.59 Å². The molecule has 1 heterocycles. The van der Waals surface area contributed by atoms with Gasteiger partial charge in [0.1, 0.15) is 12.1 Å². The van der Waals surface area contributed by atoms with E-state index in [1.807, 2.05) is 0 Å². The normalized spacial score (nSPS) is 9.56. The summed E-state index contributed by atoms with van der Waals surface area (Å²) in [6, 6.07) is 3.22. The van der Waals surface area contributed by atoms with Gasteiger partial charge >= 0.3 is 5.97 Å². The number of rotatable bonds is 5. The number of amides is 1. The zero-order valence-electron chi connectivity index (χ0n) is 8.77. The molecule has 0 saturated carbocycles. The van der Waals surface area contributed by atoms with Crippen LogP contribution < -0.4 is 10.1 Å². The van der Waals surface area contributed by atoms with Crippen LogP contribution in [0.2, 0.25) is 0 Å². The van der Waals surface area contributed by atoms with E-state index in [2.05, 4.69) is 10.3 Å². The van der Waals surface area contributed by atoms with Crippen molar-refractivity contribution in [2.24, 2.45) is 0 Å². The zero-order valence-corrected chi connectivity index (χ0v) is 8.77. The van der Waals surface area contributed by atoms with Gasteiger partial charge in [0.25, 0.3) is 0 Å². The van der Waals surface area contributed by atoms with Gasteiger partial charge in [-0.15, -0.1) is 0 Å². The van der Waals surface area contributed by atoms with Crippen LogP contribution in [0.3, 0.4) is 0 Å². The maximum absolute atomic E-state index is 11.2. The number of hydrogen-bond acceptors (Lipinski definition) is 4. The van der Waals surface area contributed by atoms with Crippen molar-refractivity contribution >= 4 is 17.6 Å². The van der Waals surface area contributed by atoms with Crippen LogP contribution in [0.15, 0.2) is 18.3 Å². The third-order valence-electron chi connectivity index (χ3n) is 1.64. The molecule has 0 spiro atoms. The van der Waals surface area contributed by atoms with Gasteiger partial charge in [0.2, 0.25) is 11.8 Å². The second-order valence-corrected chi connectivity index (χ2v) is 2.91. The van der Waals surface area contributed by atoms with E-state index in [0.29, 0.717) is 12.3 Å². The van der Waals surface area contributed by atoms with Crippen molar-refractivity contribution in [2.45, 2.75) is 13.3 Å². The maximum atomic E-state index is 11.2. The summed E-state index contributed by atoms with van der Waals surface area (Å²) in [6.07, 6.45) is 0.943. The van der Waals surface area contributed by atoms with E-state index in [1.54, 1.807) is 19.1 Å². The van der Waals surface area contributed by atoms with Crippen molar-refractivity contribution in [3.8, 4) is 5.88 Å². The lowest BCUT2D eigenvalue weighted by Gasteiger charge is -2.08. The van der Waals surface area contributed by atoms with Crippen LogP contribution in [0.1, 0.15) is 13.3 Å². The maximum Gasteiger partial charge on any atom is 0.312 e. The molecule has 2 N–H and O–H groups in total. The Hall–Kier alpha value is -2.11. The van der Waals surface area contributed by atoms with E-state index in [1.165, 1.54) is 6.20 Å². The fourth-order valence-corrected chi connectivity index (χ4v) is 1.07. The number of aliphatic carboxylic acids is 1. The molecule has 1 aromatic rings. The smallest absolute Gasteiger partial charge is 0.312 e. The van der Waals surface area contributed by atoms with E-state index < -0.39 is 18.3 Å². The van der Waals surface area contributed by atoms with Crippen LogP contribution in [-0.2, 0) is 9.59 Å². The highest BCUT2D eigenvalue weighted by molar-refractivity contribution is 6.01. The van der Waals surface area contributed by atoms with Gasteiger partial charge in [-0.05, 0) is 19.1 Å². The minimum Gasteiger partial charge on any atom is -0.481 e. The Morgan fingerprint density at radius 1 is 1.56 bits per heavy atom. The predicted molar refractivity (Wildman–Crippen MR) is 56.3 cm³/mol. The van der Waals surface area contributed by atoms with Crippen LogP contribution in [0.25, 0.3) is 0 Å². The number of carboxylic acids is 1. The molecular weight excluding hydrogens is 212 g/mol. The van der Waals surface area contributed by atoms with Crippen LogP contribution in [-0.4, -0.2) is 28.6 Å². The summed E-state index contributed by atoms with van der Waals surface area (Å²) in [7, 11) is 0. The Kier molecular flexibility index (Phi) is 4.26. The van der Waals surface area contributed by atoms with Crippen LogP contribution in [0, 0.1) is 0 Å². The Morgan fingerprint density at radius 2 is 2.31 bits per heavy atom. The van der Waals surface area contributed by atoms with E-state index in [9.17, 15) is 9.59 Å². The topological polar surface area (TPSA) is 88.5 Å². The standard InChI is InChI=1S/C10H12N2O4/c1-2-16-10-7(4-3-5-11-10)12-8(13)6-9(14)15/h3-5H,2,6H2,1H3,(H,12,13)(H,14,15). The number of anilines is 1. The second-order valence-electron chi connectivity index (χ2n) is 2.91. The summed E-state index contributed by atoms with van der Waals surface area (Å²) >= 11 is 0. The van der Waals surface area contributed by atoms with E-state index in [0.717, 1.165) is 0 Å². The van der Waals surface area contributed by atoms with Crippen LogP contribution in [0.5, 0.6) is 5.88 Å². The summed E-state index contributed by atoms with van der Waals surface area (Å²) in [4.78, 5) is 25.4. The molecule has 0 saturated heterocycles. The lowest BCUT2D eigenvalue weighted by atomic mass is 10.3. The number of nitrogens with zero attached hydrogens (tertiary/aromatic N) is 1. The average molecular weight is 224 g/mol. The molecule has 1 aromatic heterocycles. The van der Waals surface area contributed by atoms with Crippen molar-refractivity contribution in [3.63, 3.8) is 0 Å². The van der Waals surface area contributed by atoms with Gasteiger partial charge in [0.05, 0.1) is 6.61 Å². The van der Waals surface area contributed by atoms with Crippen molar-refractivity contribution in [3.05, 3.63) is 18.3 Å². The molecule has 0 aliphatic carbocycles. The lowest BCUT2D eigenvalue weighted by molar-refractivity contribution is -0.139. The SMILES string of the molecule is CCOc1ncccc1NC(=O)CC(=O)O. The first kappa shape index (κ1) is 12.0. The van der Waals surface area contributed by atoms with Crippen molar-refractivity contribution < 1.29 is 19.4 Å². The molecule has 1 amide bonds. The number of ether oxygens (including phenoxy) is 1. The van der Waals surface area contributed by atoms with Crippen molar-refractivity contribution in [1.29, 1.82) is 0 Å². The van der Waals surface area contributed by atoms with Gasteiger partial charge in [0.15, 0.2) is 0 Å². The summed E-state index contributed by atoms with van der Waals surface area (Å²) in [5, 5.41) is 10.8. The highest BCUT2D eigenvalue weighted by Gasteiger charge is 2.11. The molecule has 0 bridgehead atoms. The third kappa shape index (κ3) is 3.56. The molecular formula is C10H12N2O4. The molecule has 0 aliphatic rings. The molecule has 0 aromatic carbocycles. The number of carbonyl (C=O) groups is 2. The molecule has 86 valence electrons. The molecule has 6 heteroatoms. The van der Waals surface area contributed by atoms with Gasteiger partial charge < -0.3 is 15.2 Å². The summed E-state index contributed by atoms with van der Waals surface area (Å²) in [5.74, 6) is -1.51. The average Bonchev–Trinajstić information content (AvgIpc) is 2.20. The molecule has 0 unspecified atom stereocenters. The lowest BCUT2D eigenvalue weighted by Crippen LogP contribution is -2.16. The minimum absolute atomic E-state index is 0.281. The van der Waals surface area contributed by atoms with Crippen LogP contribution in [0.4, 0.5) is 5.69 Å². The number of nitrogens with one attached hydrogen (secondary N) is 1. The molecule has 16 heavy (non-hydrogen) atoms. The van der Waals surface area contributed by atoms with Crippen molar-refractivity contribution in [1.82, 2.24) is 4.98 Å². The fraction of sp³-hybridized carbons (Fsp3) is 0.300. The second kappa shape index (κ2) is 5.69. The van der Waals surface area contributed by atoms with E-state index in [4.69, 9.17) is 9.84 Å². The van der Waals surface area contributed by atoms with Crippen LogP contribution >= 0.6 is 0 Å². The number of pyridine rings is 1. The number of hydrogen-bond donors (Lipinski definition) is 2. The number of carbonyl (C=O) groups excluding carboxylic acids is 1. The molecule has 0 radical (unpaired) electrons. The van der Waals surface area contributed by atoms with Gasteiger partial charge in [-0.25, -0.2) is 4.98 Å². The Balaban J connectivity index is 2.72. The first-order valence-electron chi connectivity index (χ1n) is 4.73. The molecule has 0 atom stereocenters. The Bertz CT molecular complexity index is 392. The monoisotopic (exact) mass is 224 g/mol. The highest BCUT2D eigenvalue weighted by Crippen LogP contribution is 2.20. The van der Waals surface area contributed by atoms with Crippen molar-refractivity contribution in [2.75, 3.05) is 11.9 Å². The zero-order chi connectivity index (χ0) is 12.0. The van der Waals surface area contributed by atoms with Gasteiger partial charge in [0, 0.05) is 6.20 Å². The number of aromatic nitrogens is 1. The highest BCUT2D eigenvalue weighted by atomic mass is 16.5. The van der Waals surface area contributed by atoms with Gasteiger partial charge in [-0.2, -0.15) is 0 Å². The summed E-state index contributed by atoms with van der Waals surface area (Å²) in [5.41, 5.74) is 0.371. The summed E-state index contributed by atoms with van der Waals surface area (Å²) < 4.78 is 5.17. The fourth-order valence-electron chi connectivity index (χ4n) is 1.07. The molecule has 6 nitrogen and oxygen atoms in total. The van der Waals surface area contributed by atoms with Gasteiger partial charge in [-0.1, -0.05) is 0 Å². The number of carboxylic acid groups (broad SMARTS) is 1. The predicted octanol–water partition coefficient (Wildman–Crippen LogP) is 0.893. The third-order valence-corrected chi connectivity index (χ3v) is 1.64. The quantitative estimate of drug-likeness (QED) is 0.725.